The Kier molecular flexibility index (Phi) is 6.46. The molecule has 1 aromatic rings. The number of rotatable bonds is 4. The van der Waals surface area contributed by atoms with Crippen LogP contribution >= 0.6 is 12.4 Å². The molecule has 2 N–H and O–H groups in total. The summed E-state index contributed by atoms with van der Waals surface area (Å²) in [5, 5.41) is 0. The maximum atomic E-state index is 5.84. The number of likely N-dealkylation sites (N-methyl/N-ethyl adjacent to an activating group) is 1. The summed E-state index contributed by atoms with van der Waals surface area (Å²) >= 11 is 0. The highest BCUT2D eigenvalue weighted by Crippen LogP contribution is 2.20. The number of hydrogen-bond donors (Lipinski definition) is 1. The molecule has 92 valence electrons. The van der Waals surface area contributed by atoms with Gasteiger partial charge in [-0.2, -0.15) is 0 Å². The number of nitrogens with zero attached hydrogens (tertiary/aromatic N) is 1. The maximum absolute atomic E-state index is 5.84. The average Bonchev–Trinajstić information content (AvgIpc) is 2.14. The number of hydrogen-bond acceptors (Lipinski definition) is 2. The van der Waals surface area contributed by atoms with E-state index in [1.165, 1.54) is 16.8 Å². The minimum Gasteiger partial charge on any atom is -0.370 e. The Hall–Kier alpha value is -0.730. The molecule has 0 amide bonds. The number of anilines is 1. The van der Waals surface area contributed by atoms with Gasteiger partial charge >= 0.3 is 0 Å². The molecule has 0 fully saturated rings. The van der Waals surface area contributed by atoms with Crippen molar-refractivity contribution in [1.82, 2.24) is 0 Å². The fourth-order valence-corrected chi connectivity index (χ4v) is 1.91. The SMILES string of the molecule is CCN(CC(C)N)c1ccc(C)cc1C.Cl. The van der Waals surface area contributed by atoms with Crippen molar-refractivity contribution in [3.05, 3.63) is 29.3 Å². The van der Waals surface area contributed by atoms with Gasteiger partial charge in [-0.15, -0.1) is 12.4 Å². The average molecular weight is 243 g/mol. The summed E-state index contributed by atoms with van der Waals surface area (Å²) in [6.07, 6.45) is 0. The fraction of sp³-hybridized carbons (Fsp3) is 0.538. The topological polar surface area (TPSA) is 29.3 Å². The molecule has 0 aliphatic heterocycles. The molecule has 0 radical (unpaired) electrons. The van der Waals surface area contributed by atoms with Crippen molar-refractivity contribution in [1.29, 1.82) is 0 Å². The summed E-state index contributed by atoms with van der Waals surface area (Å²) in [5.74, 6) is 0. The van der Waals surface area contributed by atoms with E-state index < -0.39 is 0 Å². The summed E-state index contributed by atoms with van der Waals surface area (Å²) < 4.78 is 0. The van der Waals surface area contributed by atoms with Crippen molar-refractivity contribution in [2.24, 2.45) is 5.73 Å². The monoisotopic (exact) mass is 242 g/mol. The second-order valence-electron chi connectivity index (χ2n) is 4.31. The van der Waals surface area contributed by atoms with Crippen LogP contribution in [0.15, 0.2) is 18.2 Å². The van der Waals surface area contributed by atoms with Crippen LogP contribution in [-0.2, 0) is 0 Å². The first-order valence-electron chi connectivity index (χ1n) is 5.62. The van der Waals surface area contributed by atoms with Gasteiger partial charge in [-0.25, -0.2) is 0 Å². The van der Waals surface area contributed by atoms with Crippen LogP contribution in [0.1, 0.15) is 25.0 Å². The van der Waals surface area contributed by atoms with Crippen LogP contribution in [-0.4, -0.2) is 19.1 Å². The van der Waals surface area contributed by atoms with E-state index in [0.717, 1.165) is 13.1 Å². The van der Waals surface area contributed by atoms with Crippen LogP contribution in [0.25, 0.3) is 0 Å². The second-order valence-corrected chi connectivity index (χ2v) is 4.31. The van der Waals surface area contributed by atoms with E-state index in [4.69, 9.17) is 5.73 Å². The van der Waals surface area contributed by atoms with Crippen molar-refractivity contribution in [3.63, 3.8) is 0 Å². The van der Waals surface area contributed by atoms with E-state index in [0.29, 0.717) is 0 Å². The van der Waals surface area contributed by atoms with Crippen molar-refractivity contribution >= 4 is 18.1 Å². The molecule has 0 aromatic heterocycles. The van der Waals surface area contributed by atoms with E-state index in [1.807, 2.05) is 6.92 Å². The Morgan fingerprint density at radius 2 is 1.94 bits per heavy atom. The van der Waals surface area contributed by atoms with Gasteiger partial charge in [0.1, 0.15) is 0 Å². The highest BCUT2D eigenvalue weighted by Gasteiger charge is 2.08. The van der Waals surface area contributed by atoms with Gasteiger partial charge in [0.2, 0.25) is 0 Å². The Labute approximate surface area is 105 Å². The van der Waals surface area contributed by atoms with Gasteiger partial charge in [0.05, 0.1) is 0 Å². The molecule has 0 heterocycles. The normalized spacial score (nSPS) is 11.8. The predicted molar refractivity (Wildman–Crippen MR) is 74.7 cm³/mol. The summed E-state index contributed by atoms with van der Waals surface area (Å²) in [6, 6.07) is 6.78. The first kappa shape index (κ1) is 15.3. The van der Waals surface area contributed by atoms with Crippen molar-refractivity contribution in [3.8, 4) is 0 Å². The van der Waals surface area contributed by atoms with Gasteiger partial charge in [0, 0.05) is 24.8 Å². The first-order chi connectivity index (χ1) is 7.04. The van der Waals surface area contributed by atoms with Crippen molar-refractivity contribution < 1.29 is 0 Å². The number of benzene rings is 1. The van der Waals surface area contributed by atoms with E-state index >= 15 is 0 Å². The highest BCUT2D eigenvalue weighted by molar-refractivity contribution is 5.85. The molecule has 0 spiro atoms. The number of halogens is 1. The molecule has 0 saturated heterocycles. The lowest BCUT2D eigenvalue weighted by molar-refractivity contribution is 0.688. The zero-order valence-corrected chi connectivity index (χ0v) is 11.5. The lowest BCUT2D eigenvalue weighted by Gasteiger charge is -2.26. The Bertz CT molecular complexity index is 324. The Morgan fingerprint density at radius 1 is 1.31 bits per heavy atom. The van der Waals surface area contributed by atoms with E-state index in [-0.39, 0.29) is 18.4 Å². The Morgan fingerprint density at radius 3 is 2.38 bits per heavy atom. The smallest absolute Gasteiger partial charge is 0.0396 e. The minimum atomic E-state index is 0. The van der Waals surface area contributed by atoms with Gasteiger partial charge in [-0.1, -0.05) is 17.7 Å². The molecule has 2 nitrogen and oxygen atoms in total. The molecule has 0 aliphatic rings. The lowest BCUT2D eigenvalue weighted by Crippen LogP contribution is -2.35. The van der Waals surface area contributed by atoms with Crippen LogP contribution < -0.4 is 10.6 Å². The maximum Gasteiger partial charge on any atom is 0.0396 e. The summed E-state index contributed by atoms with van der Waals surface area (Å²) in [6.45, 7) is 10.4. The molecular weight excluding hydrogens is 220 g/mol. The van der Waals surface area contributed by atoms with E-state index in [2.05, 4.69) is 43.9 Å². The molecule has 1 atom stereocenters. The third-order valence-corrected chi connectivity index (χ3v) is 2.58. The molecule has 0 aliphatic carbocycles. The first-order valence-corrected chi connectivity index (χ1v) is 5.62. The van der Waals surface area contributed by atoms with Crippen molar-refractivity contribution in [2.75, 3.05) is 18.0 Å². The highest BCUT2D eigenvalue weighted by atomic mass is 35.5. The largest absolute Gasteiger partial charge is 0.370 e. The van der Waals surface area contributed by atoms with Gasteiger partial charge in [0.15, 0.2) is 0 Å². The van der Waals surface area contributed by atoms with Gasteiger partial charge in [-0.3, -0.25) is 0 Å². The van der Waals surface area contributed by atoms with Gasteiger partial charge < -0.3 is 10.6 Å². The second kappa shape index (κ2) is 6.77. The molecule has 1 unspecified atom stereocenters. The molecular formula is C13H23ClN2. The van der Waals surface area contributed by atoms with Crippen LogP contribution in [0.4, 0.5) is 5.69 Å². The summed E-state index contributed by atoms with van der Waals surface area (Å²) in [5.41, 5.74) is 9.79. The predicted octanol–water partition coefficient (Wildman–Crippen LogP) is 2.90. The van der Waals surface area contributed by atoms with Gasteiger partial charge in [0.25, 0.3) is 0 Å². The molecule has 1 aromatic carbocycles. The minimum absolute atomic E-state index is 0. The van der Waals surface area contributed by atoms with Crippen molar-refractivity contribution in [2.45, 2.75) is 33.7 Å². The standard InChI is InChI=1S/C13H22N2.ClH/c1-5-15(9-12(4)14)13-7-6-10(2)8-11(13)3;/h6-8,12H,5,9,14H2,1-4H3;1H. The molecule has 0 bridgehead atoms. The van der Waals surface area contributed by atoms with Gasteiger partial charge in [-0.05, 0) is 39.3 Å². The molecule has 16 heavy (non-hydrogen) atoms. The number of nitrogens with two attached hydrogens (primary N) is 1. The molecule has 1 rings (SSSR count). The quantitative estimate of drug-likeness (QED) is 0.880. The number of aryl methyl sites for hydroxylation is 2. The Balaban J connectivity index is 0.00000225. The molecule has 3 heteroatoms. The van der Waals surface area contributed by atoms with E-state index in [9.17, 15) is 0 Å². The zero-order valence-electron chi connectivity index (χ0n) is 10.7. The van der Waals surface area contributed by atoms with E-state index in [1.54, 1.807) is 0 Å². The zero-order chi connectivity index (χ0) is 11.4. The van der Waals surface area contributed by atoms with Crippen LogP contribution in [0.2, 0.25) is 0 Å². The van der Waals surface area contributed by atoms with Crippen LogP contribution in [0, 0.1) is 13.8 Å². The summed E-state index contributed by atoms with van der Waals surface area (Å²) in [4.78, 5) is 2.33. The summed E-state index contributed by atoms with van der Waals surface area (Å²) in [7, 11) is 0. The lowest BCUT2D eigenvalue weighted by atomic mass is 10.1. The third-order valence-electron chi connectivity index (χ3n) is 2.58. The third kappa shape index (κ3) is 4.03. The molecule has 0 saturated carbocycles. The van der Waals surface area contributed by atoms with Crippen LogP contribution in [0.5, 0.6) is 0 Å². The van der Waals surface area contributed by atoms with Crippen LogP contribution in [0.3, 0.4) is 0 Å². The fourth-order valence-electron chi connectivity index (χ4n) is 1.91.